The van der Waals surface area contributed by atoms with Gasteiger partial charge in [0, 0.05) is 11.6 Å². The Morgan fingerprint density at radius 1 is 0.610 bits per heavy atom. The van der Waals surface area contributed by atoms with Gasteiger partial charge in [-0.15, -0.1) is 0 Å². The number of benzene rings is 4. The molecule has 2 N–H and O–H groups in total. The van der Waals surface area contributed by atoms with Gasteiger partial charge in [-0.1, -0.05) is 113 Å². The van der Waals surface area contributed by atoms with Crippen LogP contribution >= 0.6 is 0 Å². The zero-order valence-electron chi connectivity index (χ0n) is 23.9. The van der Waals surface area contributed by atoms with E-state index in [2.05, 4.69) is 42.2 Å². The number of nitrogens with zero attached hydrogens (tertiary/aromatic N) is 3. The van der Waals surface area contributed by atoms with Gasteiger partial charge in [0.05, 0.1) is 12.2 Å². The molecule has 5 rings (SSSR count). The molecular weight excluding hydrogens is 510 g/mol. The summed E-state index contributed by atoms with van der Waals surface area (Å²) in [6.45, 7) is 2.76. The number of fused-ring (bicyclic) bond motifs is 2. The van der Waals surface area contributed by atoms with Crippen molar-refractivity contribution in [2.24, 2.45) is 0 Å². The molecule has 0 spiro atoms. The van der Waals surface area contributed by atoms with Crippen molar-refractivity contribution in [3.05, 3.63) is 72.8 Å². The van der Waals surface area contributed by atoms with Crippen LogP contribution in [-0.4, -0.2) is 31.8 Å². The summed E-state index contributed by atoms with van der Waals surface area (Å²) in [6, 6.07) is 23.2. The monoisotopic (exact) mass is 549 g/mol. The van der Waals surface area contributed by atoms with Crippen LogP contribution in [0.4, 0.5) is 0 Å². The molecule has 0 aliphatic rings. The lowest BCUT2D eigenvalue weighted by atomic mass is 9.96. The highest BCUT2D eigenvalue weighted by Crippen LogP contribution is 2.37. The van der Waals surface area contributed by atoms with E-state index in [1.165, 1.54) is 63.5 Å². The zero-order chi connectivity index (χ0) is 28.4. The first kappa shape index (κ1) is 28.3. The second-order valence-corrected chi connectivity index (χ2v) is 10.7. The molecule has 6 heteroatoms. The van der Waals surface area contributed by atoms with Gasteiger partial charge in [0.25, 0.3) is 0 Å². The van der Waals surface area contributed by atoms with E-state index in [-0.39, 0.29) is 17.5 Å². The minimum absolute atomic E-state index is 0.0296. The van der Waals surface area contributed by atoms with Gasteiger partial charge in [0.2, 0.25) is 0 Å². The van der Waals surface area contributed by atoms with Gasteiger partial charge in [-0.25, -0.2) is 4.98 Å². The van der Waals surface area contributed by atoms with Crippen molar-refractivity contribution in [1.29, 1.82) is 0 Å². The quantitative estimate of drug-likeness (QED) is 0.106. The summed E-state index contributed by atoms with van der Waals surface area (Å²) in [7, 11) is 0. The van der Waals surface area contributed by atoms with Crippen molar-refractivity contribution >= 4 is 21.5 Å². The third-order valence-corrected chi connectivity index (χ3v) is 7.56. The van der Waals surface area contributed by atoms with Crippen molar-refractivity contribution in [1.82, 2.24) is 15.0 Å². The van der Waals surface area contributed by atoms with E-state index in [0.29, 0.717) is 23.8 Å². The van der Waals surface area contributed by atoms with Crippen molar-refractivity contribution < 1.29 is 14.9 Å². The maximum atomic E-state index is 10.6. The molecule has 0 fully saturated rings. The minimum atomic E-state index is -0.106. The Morgan fingerprint density at radius 3 is 1.83 bits per heavy atom. The third kappa shape index (κ3) is 7.12. The van der Waals surface area contributed by atoms with Crippen LogP contribution in [0.5, 0.6) is 17.5 Å². The predicted molar refractivity (Wildman–Crippen MR) is 166 cm³/mol. The van der Waals surface area contributed by atoms with Crippen molar-refractivity contribution in [3.8, 4) is 40.3 Å². The number of unbranched alkanes of at least 4 members (excludes halogenated alkanes) is 9. The first-order chi connectivity index (χ1) is 20.1. The summed E-state index contributed by atoms with van der Waals surface area (Å²) in [5.74, 6) is 0.639. The highest BCUT2D eigenvalue weighted by Gasteiger charge is 2.18. The Bertz CT molecular complexity index is 1550. The second-order valence-electron chi connectivity index (χ2n) is 10.7. The van der Waals surface area contributed by atoms with Crippen LogP contribution in [-0.2, 0) is 0 Å². The summed E-state index contributed by atoms with van der Waals surface area (Å²) in [5.41, 5.74) is 1.30. The van der Waals surface area contributed by atoms with Crippen molar-refractivity contribution in [2.45, 2.75) is 71.1 Å². The number of rotatable bonds is 14. The summed E-state index contributed by atoms with van der Waals surface area (Å²) >= 11 is 0. The molecule has 0 aliphatic carbocycles. The van der Waals surface area contributed by atoms with E-state index in [0.717, 1.165) is 39.9 Å². The molecule has 0 aliphatic heterocycles. The summed E-state index contributed by atoms with van der Waals surface area (Å²) in [4.78, 5) is 14.2. The molecule has 212 valence electrons. The lowest BCUT2D eigenvalue weighted by molar-refractivity contribution is 0.281. The fourth-order valence-corrected chi connectivity index (χ4v) is 5.37. The molecule has 0 bridgehead atoms. The molecule has 0 unspecified atom stereocenters. The molecule has 0 saturated carbocycles. The largest absolute Gasteiger partial charge is 0.508 e. The number of hydrogen-bond donors (Lipinski definition) is 2. The topological polar surface area (TPSA) is 88.4 Å². The van der Waals surface area contributed by atoms with Gasteiger partial charge in [0.1, 0.15) is 11.5 Å². The lowest BCUT2D eigenvalue weighted by Gasteiger charge is -2.13. The van der Waals surface area contributed by atoms with Gasteiger partial charge < -0.3 is 14.9 Å². The number of phenolic OH excluding ortho intramolecular Hbond substituents is 2. The Hall–Kier alpha value is -4.19. The molecule has 41 heavy (non-hydrogen) atoms. The van der Waals surface area contributed by atoms with Gasteiger partial charge in [-0.3, -0.25) is 0 Å². The smallest absolute Gasteiger partial charge is 0.320 e. The van der Waals surface area contributed by atoms with Gasteiger partial charge in [-0.2, -0.15) is 9.97 Å². The number of hydrogen-bond acceptors (Lipinski definition) is 6. The van der Waals surface area contributed by atoms with E-state index < -0.39 is 0 Å². The fraction of sp³-hybridized carbons (Fsp3) is 0.343. The van der Waals surface area contributed by atoms with Gasteiger partial charge in [-0.05, 0) is 46.2 Å². The summed E-state index contributed by atoms with van der Waals surface area (Å²) in [5, 5.41) is 24.7. The summed E-state index contributed by atoms with van der Waals surface area (Å²) < 4.78 is 6.10. The maximum Gasteiger partial charge on any atom is 0.320 e. The minimum Gasteiger partial charge on any atom is -0.508 e. The molecule has 6 nitrogen and oxygen atoms in total. The molecule has 0 amide bonds. The summed E-state index contributed by atoms with van der Waals surface area (Å²) in [6.07, 6.45) is 12.5. The Kier molecular flexibility index (Phi) is 9.63. The van der Waals surface area contributed by atoms with Gasteiger partial charge in [0.15, 0.2) is 11.6 Å². The number of aromatic nitrogens is 3. The lowest BCUT2D eigenvalue weighted by Crippen LogP contribution is -2.05. The Labute approximate surface area is 242 Å². The van der Waals surface area contributed by atoms with Crippen LogP contribution in [0.25, 0.3) is 44.3 Å². The molecule has 5 aromatic rings. The van der Waals surface area contributed by atoms with E-state index in [9.17, 15) is 10.2 Å². The molecule has 0 saturated heterocycles. The van der Waals surface area contributed by atoms with E-state index >= 15 is 0 Å². The van der Waals surface area contributed by atoms with E-state index in [1.54, 1.807) is 6.07 Å². The molecule has 1 heterocycles. The number of ether oxygens (including phenoxy) is 1. The van der Waals surface area contributed by atoms with Crippen LogP contribution < -0.4 is 4.74 Å². The Morgan fingerprint density at radius 2 is 1.20 bits per heavy atom. The first-order valence-electron chi connectivity index (χ1n) is 15.0. The second kappa shape index (κ2) is 13.9. The van der Waals surface area contributed by atoms with Crippen molar-refractivity contribution in [3.63, 3.8) is 0 Å². The van der Waals surface area contributed by atoms with E-state index in [4.69, 9.17) is 14.7 Å². The zero-order valence-corrected chi connectivity index (χ0v) is 23.9. The van der Waals surface area contributed by atoms with Crippen molar-refractivity contribution in [2.75, 3.05) is 6.61 Å². The fourth-order valence-electron chi connectivity index (χ4n) is 5.37. The van der Waals surface area contributed by atoms with Crippen LogP contribution in [0, 0.1) is 0 Å². The van der Waals surface area contributed by atoms with E-state index in [1.807, 2.05) is 24.3 Å². The molecular formula is C35H39N3O3. The first-order valence-corrected chi connectivity index (χ1v) is 15.0. The van der Waals surface area contributed by atoms with Gasteiger partial charge >= 0.3 is 6.01 Å². The average molecular weight is 550 g/mol. The number of phenols is 2. The molecule has 0 atom stereocenters. The average Bonchev–Trinajstić information content (AvgIpc) is 2.98. The Balaban J connectivity index is 1.40. The van der Waals surface area contributed by atoms with Crippen LogP contribution in [0.2, 0.25) is 0 Å². The highest BCUT2D eigenvalue weighted by molar-refractivity contribution is 6.11. The normalized spacial score (nSPS) is 11.3. The third-order valence-electron chi connectivity index (χ3n) is 7.56. The predicted octanol–water partition coefficient (Wildman–Crippen LogP) is 9.22. The number of aromatic hydroxyl groups is 2. The SMILES string of the molecule is CCCCCCCCCCCCOc1nc(-c2ccc(O)cc2O)nc(-c2c3ccccc3cc3ccccc23)n1. The highest BCUT2D eigenvalue weighted by atomic mass is 16.5. The van der Waals surface area contributed by atoms with Crippen LogP contribution in [0.3, 0.4) is 0 Å². The molecule has 1 aromatic heterocycles. The van der Waals surface area contributed by atoms with Crippen LogP contribution in [0.1, 0.15) is 71.1 Å². The van der Waals surface area contributed by atoms with Crippen LogP contribution in [0.15, 0.2) is 72.8 Å². The molecule has 0 radical (unpaired) electrons. The molecule has 4 aromatic carbocycles. The standard InChI is InChI=1S/C35H39N3O3/c1-2-3-4-5-6-7-8-9-10-15-22-41-35-37-33(30-21-20-27(39)24-31(30)40)36-34(38-35)32-28-18-13-11-16-25(28)23-26-17-12-14-19-29(26)32/h11-14,16-21,23-24,39-40H,2-10,15,22H2,1H3. The maximum absolute atomic E-state index is 10.6.